The standard InChI is InChI=1S/C16H17N3O4/c1-3-23-15-7-6-13(9-14(15)19(21)22)16(20)18(2)11-12-5-4-8-17-10-12/h4-10H,3,11H2,1-2H3. The molecule has 7 nitrogen and oxygen atoms in total. The van der Waals surface area contributed by atoms with Crippen LogP contribution >= 0.6 is 0 Å². The average Bonchev–Trinajstić information content (AvgIpc) is 2.55. The highest BCUT2D eigenvalue weighted by Gasteiger charge is 2.20. The maximum atomic E-state index is 12.4. The van der Waals surface area contributed by atoms with Gasteiger partial charge in [-0.2, -0.15) is 0 Å². The molecule has 1 aromatic heterocycles. The summed E-state index contributed by atoms with van der Waals surface area (Å²) in [5.74, 6) is -0.149. The van der Waals surface area contributed by atoms with Gasteiger partial charge in [0, 0.05) is 37.6 Å². The van der Waals surface area contributed by atoms with E-state index < -0.39 is 4.92 Å². The fourth-order valence-corrected chi connectivity index (χ4v) is 2.13. The summed E-state index contributed by atoms with van der Waals surface area (Å²) < 4.78 is 5.21. The van der Waals surface area contributed by atoms with Crippen molar-refractivity contribution in [3.63, 3.8) is 0 Å². The summed E-state index contributed by atoms with van der Waals surface area (Å²) in [6.45, 7) is 2.42. The Bertz CT molecular complexity index is 704. The van der Waals surface area contributed by atoms with E-state index >= 15 is 0 Å². The van der Waals surface area contributed by atoms with Crippen molar-refractivity contribution in [3.8, 4) is 5.75 Å². The maximum absolute atomic E-state index is 12.4. The van der Waals surface area contributed by atoms with Crippen molar-refractivity contribution >= 4 is 11.6 Å². The van der Waals surface area contributed by atoms with Gasteiger partial charge in [0.15, 0.2) is 5.75 Å². The Morgan fingerprint density at radius 3 is 2.78 bits per heavy atom. The summed E-state index contributed by atoms with van der Waals surface area (Å²) in [6, 6.07) is 7.87. The molecule has 23 heavy (non-hydrogen) atoms. The lowest BCUT2D eigenvalue weighted by Gasteiger charge is -2.17. The van der Waals surface area contributed by atoms with E-state index in [0.29, 0.717) is 13.2 Å². The van der Waals surface area contributed by atoms with Gasteiger partial charge in [-0.3, -0.25) is 19.9 Å². The lowest BCUT2D eigenvalue weighted by atomic mass is 10.1. The molecule has 0 aliphatic heterocycles. The number of pyridine rings is 1. The van der Waals surface area contributed by atoms with Gasteiger partial charge in [0.25, 0.3) is 5.91 Å². The Kier molecular flexibility index (Phi) is 5.24. The van der Waals surface area contributed by atoms with E-state index in [4.69, 9.17) is 4.74 Å². The van der Waals surface area contributed by atoms with Crippen LogP contribution in [0.3, 0.4) is 0 Å². The third-order valence-electron chi connectivity index (χ3n) is 3.19. The largest absolute Gasteiger partial charge is 0.487 e. The molecule has 0 atom stereocenters. The van der Waals surface area contributed by atoms with Gasteiger partial charge in [0.05, 0.1) is 11.5 Å². The molecule has 0 aliphatic rings. The quantitative estimate of drug-likeness (QED) is 0.604. The lowest BCUT2D eigenvalue weighted by Crippen LogP contribution is -2.26. The number of nitro benzene ring substituents is 1. The molecule has 0 aliphatic carbocycles. The zero-order valence-electron chi connectivity index (χ0n) is 12.9. The van der Waals surface area contributed by atoms with Crippen molar-refractivity contribution in [2.24, 2.45) is 0 Å². The van der Waals surface area contributed by atoms with Crippen LogP contribution in [0.15, 0.2) is 42.7 Å². The monoisotopic (exact) mass is 315 g/mol. The first kappa shape index (κ1) is 16.4. The molecule has 7 heteroatoms. The predicted octanol–water partition coefficient (Wildman–Crippen LogP) is 2.66. The van der Waals surface area contributed by atoms with Crippen LogP contribution in [0.2, 0.25) is 0 Å². The molecule has 0 saturated carbocycles. The summed E-state index contributed by atoms with van der Waals surface area (Å²) >= 11 is 0. The van der Waals surface area contributed by atoms with Gasteiger partial charge in [-0.15, -0.1) is 0 Å². The van der Waals surface area contributed by atoms with Gasteiger partial charge >= 0.3 is 5.69 Å². The van der Waals surface area contributed by atoms with Crippen LogP contribution in [0.1, 0.15) is 22.8 Å². The van der Waals surface area contributed by atoms with Crippen molar-refractivity contribution in [2.45, 2.75) is 13.5 Å². The van der Waals surface area contributed by atoms with E-state index in [9.17, 15) is 14.9 Å². The molecule has 120 valence electrons. The molecule has 1 heterocycles. The minimum Gasteiger partial charge on any atom is -0.487 e. The van der Waals surface area contributed by atoms with Crippen LogP contribution in [-0.4, -0.2) is 34.4 Å². The number of hydrogen-bond acceptors (Lipinski definition) is 5. The highest BCUT2D eigenvalue weighted by molar-refractivity contribution is 5.95. The summed E-state index contributed by atoms with van der Waals surface area (Å²) in [5, 5.41) is 11.1. The number of nitro groups is 1. The molecule has 2 rings (SSSR count). The van der Waals surface area contributed by atoms with Crippen LogP contribution in [0.5, 0.6) is 5.75 Å². The molecule has 0 unspecified atom stereocenters. The minimum atomic E-state index is -0.553. The molecule has 0 N–H and O–H groups in total. The Labute approximate surface area is 133 Å². The number of hydrogen-bond donors (Lipinski definition) is 0. The van der Waals surface area contributed by atoms with Crippen molar-refractivity contribution < 1.29 is 14.5 Å². The van der Waals surface area contributed by atoms with Crippen molar-refractivity contribution in [1.82, 2.24) is 9.88 Å². The molecule has 1 amide bonds. The first-order valence-electron chi connectivity index (χ1n) is 7.08. The summed E-state index contributed by atoms with van der Waals surface area (Å²) in [4.78, 5) is 28.5. The van der Waals surface area contributed by atoms with Gasteiger partial charge in [0.2, 0.25) is 0 Å². The Morgan fingerprint density at radius 2 is 2.17 bits per heavy atom. The van der Waals surface area contributed by atoms with E-state index in [-0.39, 0.29) is 22.9 Å². The fraction of sp³-hybridized carbons (Fsp3) is 0.250. The van der Waals surface area contributed by atoms with Crippen LogP contribution in [0.4, 0.5) is 5.69 Å². The first-order chi connectivity index (χ1) is 11.0. The molecule has 0 saturated heterocycles. The van der Waals surface area contributed by atoms with Crippen molar-refractivity contribution in [2.75, 3.05) is 13.7 Å². The van der Waals surface area contributed by atoms with E-state index in [1.54, 1.807) is 32.4 Å². The maximum Gasteiger partial charge on any atom is 0.311 e. The number of benzene rings is 1. The Balaban J connectivity index is 2.21. The SMILES string of the molecule is CCOc1ccc(C(=O)N(C)Cc2cccnc2)cc1[N+](=O)[O-]. The number of rotatable bonds is 6. The molecule has 0 fully saturated rings. The highest BCUT2D eigenvalue weighted by atomic mass is 16.6. The summed E-state index contributed by atoms with van der Waals surface area (Å²) in [5.41, 5.74) is 0.905. The molecular formula is C16H17N3O4. The second-order valence-electron chi connectivity index (χ2n) is 4.90. The van der Waals surface area contributed by atoms with Gasteiger partial charge in [-0.05, 0) is 30.7 Å². The minimum absolute atomic E-state index is 0.156. The molecule has 1 aromatic carbocycles. The molecule has 0 radical (unpaired) electrons. The summed E-state index contributed by atoms with van der Waals surface area (Å²) in [6.07, 6.45) is 3.32. The van der Waals surface area contributed by atoms with Gasteiger partial charge in [0.1, 0.15) is 0 Å². The second-order valence-corrected chi connectivity index (χ2v) is 4.90. The smallest absolute Gasteiger partial charge is 0.311 e. The number of nitrogens with zero attached hydrogens (tertiary/aromatic N) is 3. The first-order valence-corrected chi connectivity index (χ1v) is 7.08. The van der Waals surface area contributed by atoms with Crippen LogP contribution in [0, 0.1) is 10.1 Å². The second kappa shape index (κ2) is 7.35. The Morgan fingerprint density at radius 1 is 1.39 bits per heavy atom. The number of carbonyl (C=O) groups excluding carboxylic acids is 1. The zero-order chi connectivity index (χ0) is 16.8. The third-order valence-corrected chi connectivity index (χ3v) is 3.19. The van der Waals surface area contributed by atoms with Crippen molar-refractivity contribution in [1.29, 1.82) is 0 Å². The summed E-state index contributed by atoms with van der Waals surface area (Å²) in [7, 11) is 1.64. The van der Waals surface area contributed by atoms with Gasteiger partial charge in [-0.1, -0.05) is 6.07 Å². The number of aromatic nitrogens is 1. The van der Waals surface area contributed by atoms with E-state index in [1.165, 1.54) is 23.1 Å². The van der Waals surface area contributed by atoms with Gasteiger partial charge in [-0.25, -0.2) is 0 Å². The molecule has 2 aromatic rings. The highest BCUT2D eigenvalue weighted by Crippen LogP contribution is 2.28. The van der Waals surface area contributed by atoms with E-state index in [0.717, 1.165) is 5.56 Å². The van der Waals surface area contributed by atoms with Crippen LogP contribution in [-0.2, 0) is 6.54 Å². The predicted molar refractivity (Wildman–Crippen MR) is 84.3 cm³/mol. The zero-order valence-corrected chi connectivity index (χ0v) is 12.9. The normalized spacial score (nSPS) is 10.2. The molecule has 0 bridgehead atoms. The number of amides is 1. The van der Waals surface area contributed by atoms with Crippen LogP contribution < -0.4 is 4.74 Å². The molecular weight excluding hydrogens is 298 g/mol. The van der Waals surface area contributed by atoms with Gasteiger partial charge < -0.3 is 9.64 Å². The molecule has 0 spiro atoms. The van der Waals surface area contributed by atoms with Crippen LogP contribution in [0.25, 0.3) is 0 Å². The van der Waals surface area contributed by atoms with E-state index in [1.807, 2.05) is 6.07 Å². The van der Waals surface area contributed by atoms with Crippen molar-refractivity contribution in [3.05, 3.63) is 64.0 Å². The topological polar surface area (TPSA) is 85.6 Å². The lowest BCUT2D eigenvalue weighted by molar-refractivity contribution is -0.385. The number of carbonyl (C=O) groups is 1. The number of ether oxygens (including phenoxy) is 1. The fourth-order valence-electron chi connectivity index (χ4n) is 2.13. The van der Waals surface area contributed by atoms with E-state index in [2.05, 4.69) is 4.98 Å². The third kappa shape index (κ3) is 4.03. The Hall–Kier alpha value is -2.96. The average molecular weight is 315 g/mol.